The highest BCUT2D eigenvalue weighted by molar-refractivity contribution is 5.84. The molecule has 2 aliphatic heterocycles. The summed E-state index contributed by atoms with van der Waals surface area (Å²) in [4.78, 5) is 14.8. The van der Waals surface area contributed by atoms with E-state index in [-0.39, 0.29) is 29.6 Å². The Bertz CT molecular complexity index is 806. The van der Waals surface area contributed by atoms with E-state index < -0.39 is 0 Å². The highest BCUT2D eigenvalue weighted by Crippen LogP contribution is 2.47. The molecule has 2 aromatic carbocycles. The number of nitrogen functional groups attached to an aromatic ring is 1. The molecule has 0 amide bonds. The van der Waals surface area contributed by atoms with Gasteiger partial charge in [0.2, 0.25) is 0 Å². The monoisotopic (exact) mass is 340 g/mol. The number of carbonyl (C=O) groups is 1. The van der Waals surface area contributed by atoms with E-state index in [2.05, 4.69) is 4.90 Å². The molecule has 4 nitrogen and oxygen atoms in total. The second-order valence-corrected chi connectivity index (χ2v) is 7.07. The first-order valence-corrected chi connectivity index (χ1v) is 8.64. The molecule has 2 saturated heterocycles. The number of aromatic hydroxyl groups is 1. The zero-order chi connectivity index (χ0) is 17.6. The summed E-state index contributed by atoms with van der Waals surface area (Å²) in [5.41, 5.74) is 8.19. The van der Waals surface area contributed by atoms with E-state index in [4.69, 9.17) is 5.73 Å². The van der Waals surface area contributed by atoms with Crippen LogP contribution in [0.2, 0.25) is 0 Å². The average Bonchev–Trinajstić information content (AvgIpc) is 2.60. The number of anilines is 1. The van der Waals surface area contributed by atoms with Gasteiger partial charge in [0, 0.05) is 31.0 Å². The molecule has 3 N–H and O–H groups in total. The summed E-state index contributed by atoms with van der Waals surface area (Å²) in [6.45, 7) is 0.667. The molecule has 3 unspecified atom stereocenters. The van der Waals surface area contributed by atoms with Gasteiger partial charge in [-0.1, -0.05) is 18.2 Å². The van der Waals surface area contributed by atoms with Gasteiger partial charge in [0.1, 0.15) is 17.3 Å². The van der Waals surface area contributed by atoms with Crippen molar-refractivity contribution in [2.45, 2.75) is 37.9 Å². The normalized spacial score (nSPS) is 26.1. The fourth-order valence-corrected chi connectivity index (χ4v) is 4.30. The van der Waals surface area contributed by atoms with Crippen LogP contribution >= 0.6 is 0 Å². The fourth-order valence-electron chi connectivity index (χ4n) is 4.30. The molecule has 0 spiro atoms. The summed E-state index contributed by atoms with van der Waals surface area (Å²) >= 11 is 0. The van der Waals surface area contributed by atoms with E-state index in [0.717, 1.165) is 24.0 Å². The molecular formula is C20H21FN2O2. The number of benzene rings is 2. The largest absolute Gasteiger partial charge is 0.506 e. The van der Waals surface area contributed by atoms with Gasteiger partial charge in [-0.3, -0.25) is 9.69 Å². The zero-order valence-electron chi connectivity index (χ0n) is 13.9. The minimum atomic E-state index is -0.248. The Labute approximate surface area is 146 Å². The number of ketones is 1. The van der Waals surface area contributed by atoms with E-state index in [1.54, 1.807) is 24.3 Å². The number of carbonyl (C=O) groups excluding carboxylic acids is 1. The zero-order valence-corrected chi connectivity index (χ0v) is 13.9. The molecule has 3 fully saturated rings. The first kappa shape index (κ1) is 16.1. The molecule has 2 aromatic rings. The average molecular weight is 340 g/mol. The van der Waals surface area contributed by atoms with Gasteiger partial charge >= 0.3 is 0 Å². The maximum Gasteiger partial charge on any atom is 0.139 e. The molecular weight excluding hydrogens is 319 g/mol. The molecule has 5 heteroatoms. The second-order valence-electron chi connectivity index (χ2n) is 7.07. The van der Waals surface area contributed by atoms with Crippen LogP contribution in [0.3, 0.4) is 0 Å². The highest BCUT2D eigenvalue weighted by Gasteiger charge is 2.47. The van der Waals surface area contributed by atoms with Gasteiger partial charge in [0.15, 0.2) is 0 Å². The Morgan fingerprint density at radius 2 is 1.92 bits per heavy atom. The summed E-state index contributed by atoms with van der Waals surface area (Å²) in [6.07, 6.45) is 2.46. The van der Waals surface area contributed by atoms with Crippen molar-refractivity contribution < 1.29 is 14.3 Å². The molecule has 25 heavy (non-hydrogen) atoms. The van der Waals surface area contributed by atoms with Crippen LogP contribution in [-0.2, 0) is 11.3 Å². The molecule has 1 aliphatic carbocycles. The molecule has 130 valence electrons. The van der Waals surface area contributed by atoms with Crippen LogP contribution in [-0.4, -0.2) is 21.8 Å². The summed E-state index contributed by atoms with van der Waals surface area (Å²) in [5, 5.41) is 9.71. The van der Waals surface area contributed by atoms with Crippen LogP contribution in [0.25, 0.3) is 0 Å². The predicted molar refractivity (Wildman–Crippen MR) is 93.3 cm³/mol. The predicted octanol–water partition coefficient (Wildman–Crippen LogP) is 3.41. The Morgan fingerprint density at radius 1 is 1.16 bits per heavy atom. The third kappa shape index (κ3) is 2.89. The molecule has 3 atom stereocenters. The lowest BCUT2D eigenvalue weighted by Gasteiger charge is -2.51. The van der Waals surface area contributed by atoms with Crippen molar-refractivity contribution >= 4 is 11.5 Å². The molecule has 1 saturated carbocycles. The van der Waals surface area contributed by atoms with Gasteiger partial charge in [-0.15, -0.1) is 0 Å². The highest BCUT2D eigenvalue weighted by atomic mass is 19.1. The summed E-state index contributed by atoms with van der Waals surface area (Å²) in [7, 11) is 0. The van der Waals surface area contributed by atoms with E-state index in [1.165, 1.54) is 12.1 Å². The van der Waals surface area contributed by atoms with Gasteiger partial charge in [-0.05, 0) is 48.2 Å². The molecule has 0 radical (unpaired) electrons. The van der Waals surface area contributed by atoms with E-state index in [1.807, 2.05) is 6.07 Å². The Morgan fingerprint density at radius 3 is 2.60 bits per heavy atom. The topological polar surface area (TPSA) is 66.6 Å². The van der Waals surface area contributed by atoms with Gasteiger partial charge in [-0.2, -0.15) is 0 Å². The minimum Gasteiger partial charge on any atom is -0.506 e. The summed E-state index contributed by atoms with van der Waals surface area (Å²) in [6, 6.07) is 11.9. The standard InChI is InChI=1S/C20H21FN2O2/c21-14-4-1-12(2-5-14)11-23-15-6-7-16(19(25)10-15)20(23)13-3-8-18(24)17(22)9-13/h1-5,8-9,15-16,20,24H,6-7,10-11,22H2. The van der Waals surface area contributed by atoms with Gasteiger partial charge in [0.25, 0.3) is 0 Å². The molecule has 5 rings (SSSR count). The third-order valence-electron chi connectivity index (χ3n) is 5.54. The van der Waals surface area contributed by atoms with Crippen molar-refractivity contribution in [2.75, 3.05) is 5.73 Å². The number of nitrogens with zero attached hydrogens (tertiary/aromatic N) is 1. The van der Waals surface area contributed by atoms with E-state index >= 15 is 0 Å². The number of fused-ring (bicyclic) bond motifs is 3. The fraction of sp³-hybridized carbons (Fsp3) is 0.350. The number of piperidine rings is 2. The summed E-state index contributed by atoms with van der Waals surface area (Å²) < 4.78 is 13.2. The first-order valence-electron chi connectivity index (χ1n) is 8.64. The van der Waals surface area contributed by atoms with Crippen molar-refractivity contribution in [3.63, 3.8) is 0 Å². The molecule has 0 aromatic heterocycles. The van der Waals surface area contributed by atoms with Gasteiger partial charge in [-0.25, -0.2) is 4.39 Å². The third-order valence-corrected chi connectivity index (χ3v) is 5.54. The van der Waals surface area contributed by atoms with Crippen molar-refractivity contribution in [3.8, 4) is 5.75 Å². The lowest BCUT2D eigenvalue weighted by atomic mass is 9.71. The van der Waals surface area contributed by atoms with Crippen molar-refractivity contribution in [3.05, 3.63) is 59.4 Å². The maximum atomic E-state index is 13.2. The lowest BCUT2D eigenvalue weighted by molar-refractivity contribution is -0.138. The van der Waals surface area contributed by atoms with Crippen molar-refractivity contribution in [1.29, 1.82) is 0 Å². The smallest absolute Gasteiger partial charge is 0.139 e. The summed E-state index contributed by atoms with van der Waals surface area (Å²) in [5.74, 6) is 0.0701. The number of hydrogen-bond acceptors (Lipinski definition) is 4. The number of phenolic OH excluding ortho intramolecular Hbond substituents is 1. The second kappa shape index (κ2) is 6.15. The quantitative estimate of drug-likeness (QED) is 0.664. The number of nitrogens with two attached hydrogens (primary N) is 1. The first-order chi connectivity index (χ1) is 12.0. The van der Waals surface area contributed by atoms with Gasteiger partial charge < -0.3 is 10.8 Å². The Hall–Kier alpha value is -2.40. The van der Waals surface area contributed by atoms with E-state index in [0.29, 0.717) is 24.4 Å². The molecule has 2 bridgehead atoms. The minimum absolute atomic E-state index is 0.0469. The number of halogens is 1. The lowest BCUT2D eigenvalue weighted by Crippen LogP contribution is -2.53. The van der Waals surface area contributed by atoms with Crippen molar-refractivity contribution in [2.24, 2.45) is 5.92 Å². The molecule has 2 heterocycles. The van der Waals surface area contributed by atoms with Crippen LogP contribution in [0.4, 0.5) is 10.1 Å². The van der Waals surface area contributed by atoms with Crippen LogP contribution in [0.5, 0.6) is 5.75 Å². The van der Waals surface area contributed by atoms with Crippen LogP contribution in [0.15, 0.2) is 42.5 Å². The van der Waals surface area contributed by atoms with E-state index in [9.17, 15) is 14.3 Å². The SMILES string of the molecule is Nc1cc(C2C3CCC(CC3=O)N2Cc2ccc(F)cc2)ccc1O. The number of Topliss-reactive ketones (excluding diaryl/α,β-unsaturated/α-hetero) is 1. The Kier molecular flexibility index (Phi) is 3.96. The number of rotatable bonds is 3. The van der Waals surface area contributed by atoms with Gasteiger partial charge in [0.05, 0.1) is 5.69 Å². The molecule has 3 aliphatic rings. The Balaban J connectivity index is 1.70. The van der Waals surface area contributed by atoms with Crippen LogP contribution < -0.4 is 5.73 Å². The van der Waals surface area contributed by atoms with Crippen molar-refractivity contribution in [1.82, 2.24) is 4.90 Å². The maximum absolute atomic E-state index is 13.2. The number of phenols is 1. The van der Waals surface area contributed by atoms with Crippen LogP contribution in [0.1, 0.15) is 36.4 Å². The number of hydrogen-bond donors (Lipinski definition) is 2. The van der Waals surface area contributed by atoms with Crippen LogP contribution in [0, 0.1) is 11.7 Å².